The van der Waals surface area contributed by atoms with Crippen molar-refractivity contribution in [1.82, 2.24) is 0 Å². The van der Waals surface area contributed by atoms with Gasteiger partial charge in [0, 0.05) is 94.8 Å². The van der Waals surface area contributed by atoms with Gasteiger partial charge in [0.1, 0.15) is 68.2 Å². The lowest BCUT2D eigenvalue weighted by atomic mass is 10.0. The Labute approximate surface area is 392 Å². The van der Waals surface area contributed by atoms with Crippen LogP contribution < -0.4 is 27.2 Å². The summed E-state index contributed by atoms with van der Waals surface area (Å²) in [6.45, 7) is 17.5. The molecule has 0 N–H and O–H groups in total. The predicted octanol–water partition coefficient (Wildman–Crippen LogP) is 13.1. The summed E-state index contributed by atoms with van der Waals surface area (Å²) in [6.07, 6.45) is 0.677. The lowest BCUT2D eigenvalue weighted by Gasteiger charge is -2.09. The second kappa shape index (κ2) is 17.1. The molecule has 0 bridgehead atoms. The summed E-state index contributed by atoms with van der Waals surface area (Å²) in [4.78, 5) is 45.7. The lowest BCUT2D eigenvalue weighted by molar-refractivity contribution is 0.253. The van der Waals surface area contributed by atoms with E-state index in [-0.39, 0.29) is 49.3 Å². The first-order valence-electron chi connectivity index (χ1n) is 24.0. The van der Waals surface area contributed by atoms with Gasteiger partial charge in [-0.05, 0) is 153 Å². The summed E-state index contributed by atoms with van der Waals surface area (Å²) in [5, 5.41) is 6.69. The first kappa shape index (κ1) is 41.6. The summed E-state index contributed by atoms with van der Waals surface area (Å²) >= 11 is 0. The van der Waals surface area contributed by atoms with E-state index < -0.39 is 0 Å². The number of fused-ring (bicyclic) bond motifs is 8. The summed E-state index contributed by atoms with van der Waals surface area (Å²) in [7, 11) is 0. The number of hydrogen-bond donors (Lipinski definition) is 0. The zero-order valence-corrected chi connectivity index (χ0v) is 39.2. The van der Waals surface area contributed by atoms with E-state index in [0.717, 1.165) is 111 Å². The van der Waals surface area contributed by atoms with E-state index >= 15 is 0 Å². The molecule has 12 nitrogen and oxygen atoms in total. The average molecular weight is 921 g/mol. The molecular formula is C56H50O12. The van der Waals surface area contributed by atoms with Gasteiger partial charge in [-0.15, -0.1) is 0 Å². The van der Waals surface area contributed by atoms with Crippen molar-refractivity contribution in [3.8, 4) is 5.75 Å². The van der Waals surface area contributed by atoms with Gasteiger partial charge in [0.2, 0.25) is 0 Å². The molecule has 68 heavy (non-hydrogen) atoms. The molecule has 12 heteroatoms. The maximum atomic E-state index is 11.4. The minimum absolute atomic E-state index is 0.0810. The Balaban J connectivity index is 0.000000117. The van der Waals surface area contributed by atoms with Crippen LogP contribution in [0.3, 0.4) is 0 Å². The molecule has 1 aliphatic heterocycles. The SMILES string of the molecule is Cc1cc2cc3c(C)cc(=O)oc3c(C)c2o1.[3H]CC1Cc2cc3c(C)cc(=O)oc3c(C)c2O1.[3H]Cc1cc2cc3c(C)cc(=O)oc3c(C)c2o1.[3H]Cc1cc2cc3c(C)cc(=O)oc3c(C)c2o1. The Morgan fingerprint density at radius 2 is 0.735 bits per heavy atom. The molecule has 346 valence electrons. The van der Waals surface area contributed by atoms with Crippen molar-refractivity contribution >= 4 is 76.8 Å². The van der Waals surface area contributed by atoms with E-state index in [2.05, 4.69) is 0 Å². The molecule has 0 aliphatic carbocycles. The minimum atomic E-state index is -0.352. The van der Waals surface area contributed by atoms with Crippen LogP contribution in [0.25, 0.3) is 76.8 Å². The van der Waals surface area contributed by atoms with Gasteiger partial charge in [-0.3, -0.25) is 0 Å². The zero-order chi connectivity index (χ0) is 50.7. The van der Waals surface area contributed by atoms with E-state index in [4.69, 9.17) is 39.8 Å². The van der Waals surface area contributed by atoms with Crippen molar-refractivity contribution < 1.29 is 39.8 Å². The Morgan fingerprint density at radius 3 is 1.10 bits per heavy atom. The van der Waals surface area contributed by atoms with E-state index in [1.807, 2.05) is 105 Å². The highest BCUT2D eigenvalue weighted by atomic mass is 16.5. The fourth-order valence-electron chi connectivity index (χ4n) is 9.09. The topological polar surface area (TPSA) is 169 Å². The van der Waals surface area contributed by atoms with E-state index in [1.165, 1.54) is 24.3 Å². The second-order valence-corrected chi connectivity index (χ2v) is 17.5. The fraction of sp³-hybridized carbons (Fsp3) is 0.250. The minimum Gasteiger partial charge on any atom is -0.490 e. The molecule has 0 saturated heterocycles. The standard InChI is InChI=1S/C14H14O3.3C14H12O3/c4*1-7-4-12(15)17-14-9(3)13-10(6-11(7)14)5-8(2)16-13/h4,6,8H,5H2,1-3H3;3*4-6H,1-3H3/i3*2T;. The Kier molecular flexibility index (Phi) is 10.4. The summed E-state index contributed by atoms with van der Waals surface area (Å²) in [5.74, 6) is 2.87. The van der Waals surface area contributed by atoms with Crippen LogP contribution in [0.1, 0.15) is 78.4 Å². The fourth-order valence-corrected chi connectivity index (χ4v) is 9.09. The molecular weight excluding hydrogens is 865 g/mol. The van der Waals surface area contributed by atoms with Crippen molar-refractivity contribution in [1.29, 1.82) is 0 Å². The van der Waals surface area contributed by atoms with Crippen molar-refractivity contribution in [2.45, 2.75) is 95.5 Å². The quantitative estimate of drug-likeness (QED) is 0.132. The maximum absolute atomic E-state index is 11.4. The van der Waals surface area contributed by atoms with Gasteiger partial charge in [-0.25, -0.2) is 19.2 Å². The molecule has 0 fully saturated rings. The first-order chi connectivity index (χ1) is 33.8. The molecule has 11 aromatic rings. The highest BCUT2D eigenvalue weighted by molar-refractivity contribution is 6.00. The van der Waals surface area contributed by atoms with Crippen molar-refractivity contribution in [2.24, 2.45) is 0 Å². The molecule has 0 saturated carbocycles. The van der Waals surface area contributed by atoms with Crippen molar-refractivity contribution in [3.63, 3.8) is 0 Å². The number of benzene rings is 4. The van der Waals surface area contributed by atoms with E-state index in [1.54, 1.807) is 0 Å². The zero-order valence-electron chi connectivity index (χ0n) is 42.2. The Bertz CT molecular complexity index is 4040. The number of rotatable bonds is 0. The van der Waals surface area contributed by atoms with Crippen LogP contribution >= 0.6 is 0 Å². The third-order valence-electron chi connectivity index (χ3n) is 12.3. The smallest absolute Gasteiger partial charge is 0.336 e. The van der Waals surface area contributed by atoms with Crippen molar-refractivity contribution in [3.05, 3.63) is 176 Å². The number of hydrogen-bond acceptors (Lipinski definition) is 12. The summed E-state index contributed by atoms with van der Waals surface area (Å²) in [5.41, 5.74) is 11.3. The Morgan fingerprint density at radius 1 is 0.397 bits per heavy atom. The molecule has 8 heterocycles. The Hall–Kier alpha value is -7.86. The average Bonchev–Trinajstić information content (AvgIpc) is 4.14. The van der Waals surface area contributed by atoms with Gasteiger partial charge in [0.15, 0.2) is 0 Å². The number of aryl methyl sites for hydroxylation is 11. The molecule has 0 amide bonds. The van der Waals surface area contributed by atoms with Crippen LogP contribution in [0.5, 0.6) is 5.75 Å². The first-order valence-corrected chi connectivity index (χ1v) is 21.8. The molecule has 7 aromatic heterocycles. The largest absolute Gasteiger partial charge is 0.490 e. The van der Waals surface area contributed by atoms with Crippen LogP contribution in [0.15, 0.2) is 117 Å². The monoisotopic (exact) mass is 920 g/mol. The van der Waals surface area contributed by atoms with Crippen LogP contribution in [0, 0.1) is 76.1 Å². The van der Waals surface area contributed by atoms with Crippen molar-refractivity contribution in [2.75, 3.05) is 0 Å². The maximum Gasteiger partial charge on any atom is 0.336 e. The molecule has 1 unspecified atom stereocenters. The highest BCUT2D eigenvalue weighted by Crippen LogP contribution is 2.38. The van der Waals surface area contributed by atoms with Gasteiger partial charge in [-0.1, -0.05) is 0 Å². The van der Waals surface area contributed by atoms with Crippen LogP contribution in [-0.2, 0) is 6.42 Å². The van der Waals surface area contributed by atoms with E-state index in [9.17, 15) is 19.2 Å². The molecule has 12 rings (SSSR count). The second-order valence-electron chi connectivity index (χ2n) is 17.5. The van der Waals surface area contributed by atoms with Crippen LogP contribution in [0.2, 0.25) is 0 Å². The van der Waals surface area contributed by atoms with Crippen LogP contribution in [-0.4, -0.2) is 6.10 Å². The van der Waals surface area contributed by atoms with Crippen LogP contribution in [0.4, 0.5) is 0 Å². The number of furan rings is 3. The van der Waals surface area contributed by atoms with Gasteiger partial charge in [0.05, 0.1) is 0 Å². The molecule has 1 atom stereocenters. The lowest BCUT2D eigenvalue weighted by Crippen LogP contribution is -2.05. The third kappa shape index (κ3) is 8.20. The molecule has 0 spiro atoms. The third-order valence-corrected chi connectivity index (χ3v) is 12.3. The summed E-state index contributed by atoms with van der Waals surface area (Å²) in [6, 6.07) is 19.6. The van der Waals surface area contributed by atoms with E-state index in [0.29, 0.717) is 45.0 Å². The predicted molar refractivity (Wildman–Crippen MR) is 265 cm³/mol. The van der Waals surface area contributed by atoms with Gasteiger partial charge >= 0.3 is 22.5 Å². The van der Waals surface area contributed by atoms with Gasteiger partial charge in [-0.2, -0.15) is 0 Å². The molecule has 0 radical (unpaired) electrons. The van der Waals surface area contributed by atoms with Gasteiger partial charge < -0.3 is 35.7 Å². The normalized spacial score (nSPS) is 13.7. The molecule has 1 aliphatic rings. The summed E-state index contributed by atoms with van der Waals surface area (Å²) < 4.78 is 65.7. The highest BCUT2D eigenvalue weighted by Gasteiger charge is 2.24. The number of ether oxygens (including phenoxy) is 1. The van der Waals surface area contributed by atoms with Gasteiger partial charge in [0.25, 0.3) is 0 Å². The molecule has 4 aromatic carbocycles.